The topological polar surface area (TPSA) is 91.3 Å². The second kappa shape index (κ2) is 7.73. The van der Waals surface area contributed by atoms with Crippen LogP contribution in [0.15, 0.2) is 24.3 Å². The van der Waals surface area contributed by atoms with Crippen LogP contribution in [0.2, 0.25) is 0 Å². The predicted molar refractivity (Wildman–Crippen MR) is 88.9 cm³/mol. The number of carboxylic acids is 1. The first kappa shape index (κ1) is 17.0. The number of thiazole rings is 1. The highest BCUT2D eigenvalue weighted by molar-refractivity contribution is 7.11. The molecule has 2 amide bonds. The van der Waals surface area contributed by atoms with Gasteiger partial charge in [0.25, 0.3) is 0 Å². The van der Waals surface area contributed by atoms with Crippen LogP contribution in [0.25, 0.3) is 0 Å². The van der Waals surface area contributed by atoms with Gasteiger partial charge in [-0.1, -0.05) is 12.1 Å². The zero-order valence-corrected chi connectivity index (χ0v) is 13.9. The van der Waals surface area contributed by atoms with Crippen LogP contribution in [-0.4, -0.2) is 28.6 Å². The smallest absolute Gasteiger partial charge is 0.335 e. The molecule has 1 aromatic carbocycles. The van der Waals surface area contributed by atoms with Gasteiger partial charge in [0.15, 0.2) is 0 Å². The van der Waals surface area contributed by atoms with Gasteiger partial charge in [-0.3, -0.25) is 0 Å². The molecular formula is C16H19N3O3S. The predicted octanol–water partition coefficient (Wildman–Crippen LogP) is 2.50. The number of aromatic carboxylic acids is 1. The van der Waals surface area contributed by atoms with Crippen LogP contribution in [0.5, 0.6) is 0 Å². The van der Waals surface area contributed by atoms with Gasteiger partial charge >= 0.3 is 12.0 Å². The van der Waals surface area contributed by atoms with Crippen LogP contribution in [-0.2, 0) is 13.0 Å². The van der Waals surface area contributed by atoms with Crippen molar-refractivity contribution >= 4 is 23.3 Å². The summed E-state index contributed by atoms with van der Waals surface area (Å²) in [7, 11) is 0. The maximum absolute atomic E-state index is 11.7. The lowest BCUT2D eigenvalue weighted by Crippen LogP contribution is -2.36. The summed E-state index contributed by atoms with van der Waals surface area (Å²) >= 11 is 1.65. The number of hydrogen-bond acceptors (Lipinski definition) is 4. The zero-order valence-electron chi connectivity index (χ0n) is 13.0. The summed E-state index contributed by atoms with van der Waals surface area (Å²) in [6, 6.07) is 6.17. The standard InChI is InChI=1S/C16H19N3O3S/c1-10-14(23-11(2)19-10)7-8-17-16(22)18-9-12-3-5-13(6-4-12)15(20)21/h3-6H,7-9H2,1-2H3,(H,20,21)(H2,17,18,22). The largest absolute Gasteiger partial charge is 0.478 e. The lowest BCUT2D eigenvalue weighted by Gasteiger charge is -2.07. The summed E-state index contributed by atoms with van der Waals surface area (Å²) < 4.78 is 0. The molecule has 0 saturated carbocycles. The molecule has 0 bridgehead atoms. The molecule has 0 spiro atoms. The van der Waals surface area contributed by atoms with E-state index in [4.69, 9.17) is 5.11 Å². The van der Waals surface area contributed by atoms with E-state index in [0.717, 1.165) is 22.7 Å². The Balaban J connectivity index is 1.72. The fourth-order valence-corrected chi connectivity index (χ4v) is 3.04. The van der Waals surface area contributed by atoms with Crippen molar-refractivity contribution in [1.29, 1.82) is 0 Å². The summed E-state index contributed by atoms with van der Waals surface area (Å²) in [6.07, 6.45) is 0.762. The van der Waals surface area contributed by atoms with E-state index in [1.807, 2.05) is 13.8 Å². The first-order valence-electron chi connectivity index (χ1n) is 7.22. The molecule has 7 heteroatoms. The van der Waals surface area contributed by atoms with Crippen molar-refractivity contribution in [2.24, 2.45) is 0 Å². The quantitative estimate of drug-likeness (QED) is 0.757. The van der Waals surface area contributed by atoms with E-state index in [9.17, 15) is 9.59 Å². The first-order chi connectivity index (χ1) is 11.0. The van der Waals surface area contributed by atoms with Gasteiger partial charge in [-0.05, 0) is 31.5 Å². The number of carboxylic acid groups (broad SMARTS) is 1. The molecule has 1 aromatic heterocycles. The molecule has 0 radical (unpaired) electrons. The normalized spacial score (nSPS) is 10.3. The fourth-order valence-electron chi connectivity index (χ4n) is 2.11. The summed E-state index contributed by atoms with van der Waals surface area (Å²) in [5.74, 6) is -0.962. The molecule has 3 N–H and O–H groups in total. The van der Waals surface area contributed by atoms with E-state index in [-0.39, 0.29) is 11.6 Å². The van der Waals surface area contributed by atoms with Crippen molar-refractivity contribution in [2.75, 3.05) is 6.54 Å². The lowest BCUT2D eigenvalue weighted by atomic mass is 10.1. The Bertz CT molecular complexity index is 695. The zero-order chi connectivity index (χ0) is 16.8. The molecule has 0 aliphatic carbocycles. The van der Waals surface area contributed by atoms with E-state index in [1.54, 1.807) is 23.5 Å². The third-order valence-electron chi connectivity index (χ3n) is 3.29. The van der Waals surface area contributed by atoms with Crippen LogP contribution < -0.4 is 10.6 Å². The summed E-state index contributed by atoms with van der Waals surface area (Å²) in [6.45, 7) is 4.84. The van der Waals surface area contributed by atoms with Crippen LogP contribution in [0, 0.1) is 13.8 Å². The molecule has 0 aliphatic heterocycles. The highest BCUT2D eigenvalue weighted by Crippen LogP contribution is 2.16. The van der Waals surface area contributed by atoms with Crippen molar-refractivity contribution in [1.82, 2.24) is 15.6 Å². The maximum Gasteiger partial charge on any atom is 0.335 e. The van der Waals surface area contributed by atoms with E-state index in [2.05, 4.69) is 15.6 Å². The molecule has 0 fully saturated rings. The van der Waals surface area contributed by atoms with Gasteiger partial charge in [-0.2, -0.15) is 0 Å². The van der Waals surface area contributed by atoms with Gasteiger partial charge in [0.2, 0.25) is 0 Å². The third-order valence-corrected chi connectivity index (χ3v) is 4.42. The summed E-state index contributed by atoms with van der Waals surface area (Å²) in [5.41, 5.74) is 2.10. The Hall–Kier alpha value is -2.41. The van der Waals surface area contributed by atoms with Crippen molar-refractivity contribution in [3.8, 4) is 0 Å². The number of benzene rings is 1. The van der Waals surface area contributed by atoms with Crippen molar-refractivity contribution in [3.05, 3.63) is 51.0 Å². The van der Waals surface area contributed by atoms with Gasteiger partial charge in [0.05, 0.1) is 16.3 Å². The molecular weight excluding hydrogens is 314 g/mol. The van der Waals surface area contributed by atoms with E-state index in [0.29, 0.717) is 13.1 Å². The number of amides is 2. The number of aryl methyl sites for hydroxylation is 2. The van der Waals surface area contributed by atoms with Gasteiger partial charge in [0, 0.05) is 24.4 Å². The van der Waals surface area contributed by atoms with Gasteiger partial charge in [0.1, 0.15) is 0 Å². The lowest BCUT2D eigenvalue weighted by molar-refractivity contribution is 0.0697. The molecule has 122 valence electrons. The molecule has 0 aliphatic rings. The van der Waals surface area contributed by atoms with Crippen LogP contribution in [0.3, 0.4) is 0 Å². The van der Waals surface area contributed by atoms with Gasteiger partial charge in [-0.25, -0.2) is 14.6 Å². The average Bonchev–Trinajstić information content (AvgIpc) is 2.83. The monoisotopic (exact) mass is 333 g/mol. The van der Waals surface area contributed by atoms with Gasteiger partial charge in [-0.15, -0.1) is 11.3 Å². The second-order valence-corrected chi connectivity index (χ2v) is 6.39. The number of nitrogens with zero attached hydrogens (tertiary/aromatic N) is 1. The second-order valence-electron chi connectivity index (χ2n) is 5.10. The third kappa shape index (κ3) is 5.07. The van der Waals surface area contributed by atoms with E-state index < -0.39 is 5.97 Å². The van der Waals surface area contributed by atoms with Crippen LogP contribution in [0.4, 0.5) is 4.79 Å². The van der Waals surface area contributed by atoms with Crippen molar-refractivity contribution in [3.63, 3.8) is 0 Å². The molecule has 2 rings (SSSR count). The number of urea groups is 1. The maximum atomic E-state index is 11.7. The summed E-state index contributed by atoms with van der Waals surface area (Å²) in [5, 5.41) is 15.4. The van der Waals surface area contributed by atoms with E-state index >= 15 is 0 Å². The van der Waals surface area contributed by atoms with Crippen molar-refractivity contribution in [2.45, 2.75) is 26.8 Å². The Morgan fingerprint density at radius 3 is 2.43 bits per heavy atom. The number of nitrogens with one attached hydrogen (secondary N) is 2. The number of hydrogen-bond donors (Lipinski definition) is 3. The molecule has 0 unspecified atom stereocenters. The summed E-state index contributed by atoms with van der Waals surface area (Å²) in [4.78, 5) is 28.0. The highest BCUT2D eigenvalue weighted by atomic mass is 32.1. The molecule has 1 heterocycles. The first-order valence-corrected chi connectivity index (χ1v) is 8.04. The molecule has 2 aromatic rings. The number of carbonyl (C=O) groups excluding carboxylic acids is 1. The average molecular weight is 333 g/mol. The molecule has 6 nitrogen and oxygen atoms in total. The van der Waals surface area contributed by atoms with Gasteiger partial charge < -0.3 is 15.7 Å². The highest BCUT2D eigenvalue weighted by Gasteiger charge is 2.06. The number of rotatable bonds is 6. The minimum Gasteiger partial charge on any atom is -0.478 e. The Labute approximate surface area is 138 Å². The Morgan fingerprint density at radius 1 is 1.17 bits per heavy atom. The number of carbonyl (C=O) groups is 2. The minimum absolute atomic E-state index is 0.230. The Morgan fingerprint density at radius 2 is 1.87 bits per heavy atom. The molecule has 23 heavy (non-hydrogen) atoms. The van der Waals surface area contributed by atoms with E-state index in [1.165, 1.54) is 17.0 Å². The SMILES string of the molecule is Cc1nc(C)c(CCNC(=O)NCc2ccc(C(=O)O)cc2)s1. The van der Waals surface area contributed by atoms with Crippen molar-refractivity contribution < 1.29 is 14.7 Å². The Kier molecular flexibility index (Phi) is 5.70. The number of aromatic nitrogens is 1. The van der Waals surface area contributed by atoms with Crippen LogP contribution >= 0.6 is 11.3 Å². The fraction of sp³-hybridized carbons (Fsp3) is 0.312. The minimum atomic E-state index is -0.962. The molecule has 0 saturated heterocycles. The van der Waals surface area contributed by atoms with Crippen LogP contribution in [0.1, 0.15) is 31.5 Å². The molecule has 0 atom stereocenters.